The zero-order valence-electron chi connectivity index (χ0n) is 8.53. The lowest BCUT2D eigenvalue weighted by Gasteiger charge is -1.99. The van der Waals surface area contributed by atoms with Gasteiger partial charge in [0.05, 0.1) is 0 Å². The minimum Gasteiger partial charge on any atom is -0.0616 e. The van der Waals surface area contributed by atoms with E-state index < -0.39 is 0 Å². The van der Waals surface area contributed by atoms with Crippen LogP contribution in [0.4, 0.5) is 0 Å². The highest BCUT2D eigenvalue weighted by molar-refractivity contribution is 9.10. The van der Waals surface area contributed by atoms with Crippen LogP contribution in [0.3, 0.4) is 0 Å². The molecule has 2 aromatic carbocycles. The van der Waals surface area contributed by atoms with Gasteiger partial charge in [0.1, 0.15) is 0 Å². The lowest BCUT2D eigenvalue weighted by Crippen LogP contribution is -1.76. The first-order chi connectivity index (χ1) is 7.77. The van der Waals surface area contributed by atoms with Crippen LogP contribution in [0, 0.1) is 0 Å². The van der Waals surface area contributed by atoms with Crippen LogP contribution in [-0.2, 0) is 0 Å². The van der Waals surface area contributed by atoms with Crippen molar-refractivity contribution in [3.63, 3.8) is 0 Å². The summed E-state index contributed by atoms with van der Waals surface area (Å²) in [5.74, 6) is 0. The van der Waals surface area contributed by atoms with E-state index in [0.29, 0.717) is 0 Å². The molecular weight excluding hydrogens is 328 g/mol. The van der Waals surface area contributed by atoms with Gasteiger partial charge in [-0.2, -0.15) is 0 Å². The molecule has 0 aliphatic rings. The Morgan fingerprint density at radius 1 is 0.625 bits per heavy atom. The number of rotatable bonds is 2. The van der Waals surface area contributed by atoms with E-state index in [0.717, 1.165) is 8.95 Å². The molecule has 80 valence electrons. The van der Waals surface area contributed by atoms with E-state index >= 15 is 0 Å². The molecule has 2 heteroatoms. The lowest BCUT2D eigenvalue weighted by atomic mass is 10.1. The fourth-order valence-electron chi connectivity index (χ4n) is 1.40. The van der Waals surface area contributed by atoms with Gasteiger partial charge in [0.15, 0.2) is 0 Å². The maximum absolute atomic E-state index is 3.53. The SMILES string of the molecule is Brc1ccccc1/C=C/c1ccccc1Br. The standard InChI is InChI=1S/C14H10Br2/c15-13-7-3-1-5-11(13)9-10-12-6-2-4-8-14(12)16/h1-10H/b10-9+. The molecule has 0 spiro atoms. The van der Waals surface area contributed by atoms with Crippen molar-refractivity contribution >= 4 is 44.0 Å². The molecule has 0 N–H and O–H groups in total. The van der Waals surface area contributed by atoms with Crippen molar-refractivity contribution in [1.29, 1.82) is 0 Å². The maximum atomic E-state index is 3.53. The van der Waals surface area contributed by atoms with Gasteiger partial charge in [-0.25, -0.2) is 0 Å². The predicted octanol–water partition coefficient (Wildman–Crippen LogP) is 5.38. The van der Waals surface area contributed by atoms with Gasteiger partial charge in [0, 0.05) is 8.95 Å². The quantitative estimate of drug-likeness (QED) is 0.645. The first-order valence-corrected chi connectivity index (χ1v) is 6.53. The summed E-state index contributed by atoms with van der Waals surface area (Å²) in [7, 11) is 0. The zero-order valence-corrected chi connectivity index (χ0v) is 11.7. The van der Waals surface area contributed by atoms with Crippen molar-refractivity contribution in [2.45, 2.75) is 0 Å². The van der Waals surface area contributed by atoms with Crippen LogP contribution in [0.15, 0.2) is 57.5 Å². The molecule has 0 heterocycles. The summed E-state index contributed by atoms with van der Waals surface area (Å²) in [4.78, 5) is 0. The third-order valence-electron chi connectivity index (χ3n) is 2.25. The molecule has 0 unspecified atom stereocenters. The van der Waals surface area contributed by atoms with Gasteiger partial charge in [-0.3, -0.25) is 0 Å². The Bertz CT molecular complexity index is 468. The molecule has 2 rings (SSSR count). The maximum Gasteiger partial charge on any atom is 0.0247 e. The highest BCUT2D eigenvalue weighted by Gasteiger charge is 1.95. The van der Waals surface area contributed by atoms with Gasteiger partial charge in [0.2, 0.25) is 0 Å². The van der Waals surface area contributed by atoms with Crippen LogP contribution in [-0.4, -0.2) is 0 Å². The van der Waals surface area contributed by atoms with E-state index in [2.05, 4.69) is 56.1 Å². The molecule has 2 aromatic rings. The Balaban J connectivity index is 2.29. The average Bonchev–Trinajstić information content (AvgIpc) is 2.30. The Morgan fingerprint density at radius 3 is 1.38 bits per heavy atom. The molecule has 0 aliphatic carbocycles. The van der Waals surface area contributed by atoms with Gasteiger partial charge in [-0.1, -0.05) is 80.4 Å². The Labute approximate surface area is 112 Å². The molecule has 16 heavy (non-hydrogen) atoms. The molecule has 0 radical (unpaired) electrons. The fourth-order valence-corrected chi connectivity index (χ4v) is 2.23. The summed E-state index contributed by atoms with van der Waals surface area (Å²) in [6.45, 7) is 0. The lowest BCUT2D eigenvalue weighted by molar-refractivity contribution is 1.59. The van der Waals surface area contributed by atoms with Gasteiger partial charge < -0.3 is 0 Å². The van der Waals surface area contributed by atoms with Crippen molar-refractivity contribution in [2.24, 2.45) is 0 Å². The Hall–Kier alpha value is -0.860. The summed E-state index contributed by atoms with van der Waals surface area (Å²) in [5, 5.41) is 0. The van der Waals surface area contributed by atoms with E-state index in [9.17, 15) is 0 Å². The summed E-state index contributed by atoms with van der Waals surface area (Å²) < 4.78 is 2.22. The molecule has 0 aromatic heterocycles. The van der Waals surface area contributed by atoms with Crippen LogP contribution >= 0.6 is 31.9 Å². The number of hydrogen-bond acceptors (Lipinski definition) is 0. The molecule has 0 fully saturated rings. The van der Waals surface area contributed by atoms with Crippen molar-refractivity contribution < 1.29 is 0 Å². The molecule has 0 atom stereocenters. The Kier molecular flexibility index (Phi) is 3.97. The van der Waals surface area contributed by atoms with E-state index in [4.69, 9.17) is 0 Å². The monoisotopic (exact) mass is 336 g/mol. The van der Waals surface area contributed by atoms with Gasteiger partial charge >= 0.3 is 0 Å². The third-order valence-corrected chi connectivity index (χ3v) is 3.70. The number of benzene rings is 2. The first kappa shape index (κ1) is 11.6. The van der Waals surface area contributed by atoms with Gasteiger partial charge in [-0.05, 0) is 23.3 Å². The van der Waals surface area contributed by atoms with Crippen LogP contribution < -0.4 is 0 Å². The molecular formula is C14H10Br2. The van der Waals surface area contributed by atoms with Crippen molar-refractivity contribution in [2.75, 3.05) is 0 Å². The predicted molar refractivity (Wildman–Crippen MR) is 77.2 cm³/mol. The summed E-state index contributed by atoms with van der Waals surface area (Å²) >= 11 is 7.05. The fraction of sp³-hybridized carbons (Fsp3) is 0. The third kappa shape index (κ3) is 2.83. The first-order valence-electron chi connectivity index (χ1n) is 4.94. The van der Waals surface area contributed by atoms with E-state index in [-0.39, 0.29) is 0 Å². The van der Waals surface area contributed by atoms with Crippen molar-refractivity contribution in [3.05, 3.63) is 68.6 Å². The molecule has 0 saturated heterocycles. The second kappa shape index (κ2) is 5.46. The summed E-state index contributed by atoms with van der Waals surface area (Å²) in [5.41, 5.74) is 2.36. The summed E-state index contributed by atoms with van der Waals surface area (Å²) in [6, 6.07) is 16.3. The second-order valence-corrected chi connectivity index (χ2v) is 5.09. The van der Waals surface area contributed by atoms with Crippen molar-refractivity contribution in [3.8, 4) is 0 Å². The van der Waals surface area contributed by atoms with Crippen LogP contribution in [0.25, 0.3) is 12.2 Å². The molecule has 0 saturated carbocycles. The van der Waals surface area contributed by atoms with Crippen LogP contribution in [0.5, 0.6) is 0 Å². The molecule has 0 aliphatic heterocycles. The minimum absolute atomic E-state index is 1.11. The van der Waals surface area contributed by atoms with Crippen LogP contribution in [0.1, 0.15) is 11.1 Å². The molecule has 0 bridgehead atoms. The second-order valence-electron chi connectivity index (χ2n) is 3.38. The minimum atomic E-state index is 1.11. The largest absolute Gasteiger partial charge is 0.0616 e. The highest BCUT2D eigenvalue weighted by atomic mass is 79.9. The van der Waals surface area contributed by atoms with E-state index in [1.165, 1.54) is 11.1 Å². The topological polar surface area (TPSA) is 0 Å². The normalized spacial score (nSPS) is 10.9. The summed E-state index contributed by atoms with van der Waals surface area (Å²) in [6.07, 6.45) is 4.20. The van der Waals surface area contributed by atoms with Crippen LogP contribution in [0.2, 0.25) is 0 Å². The van der Waals surface area contributed by atoms with Crippen molar-refractivity contribution in [1.82, 2.24) is 0 Å². The Morgan fingerprint density at radius 2 is 1.00 bits per heavy atom. The average molecular weight is 338 g/mol. The van der Waals surface area contributed by atoms with E-state index in [1.54, 1.807) is 0 Å². The number of hydrogen-bond donors (Lipinski definition) is 0. The molecule has 0 amide bonds. The zero-order chi connectivity index (χ0) is 11.4. The molecule has 0 nitrogen and oxygen atoms in total. The highest BCUT2D eigenvalue weighted by Crippen LogP contribution is 2.21. The van der Waals surface area contributed by atoms with Gasteiger partial charge in [0.25, 0.3) is 0 Å². The van der Waals surface area contributed by atoms with Gasteiger partial charge in [-0.15, -0.1) is 0 Å². The smallest absolute Gasteiger partial charge is 0.0247 e. The van der Waals surface area contributed by atoms with E-state index in [1.807, 2.05) is 36.4 Å². The number of halogens is 2.